The molecule has 0 radical (unpaired) electrons. The minimum Gasteiger partial charge on any atom is -0.348 e. The Morgan fingerprint density at radius 1 is 1.10 bits per heavy atom. The van der Waals surface area contributed by atoms with Gasteiger partial charge in [0.25, 0.3) is 5.91 Å². The quantitative estimate of drug-likeness (QED) is 0.581. The Morgan fingerprint density at radius 2 is 1.90 bits per heavy atom. The summed E-state index contributed by atoms with van der Waals surface area (Å²) in [6.45, 7) is 0.706. The van der Waals surface area contributed by atoms with Crippen LogP contribution in [0.25, 0.3) is 10.4 Å². The average Bonchev–Trinajstić information content (AvgIpc) is 3.44. The fourth-order valence-corrected chi connectivity index (χ4v) is 5.11. The molecule has 1 saturated heterocycles. The summed E-state index contributed by atoms with van der Waals surface area (Å²) in [5, 5.41) is 2.04. The van der Waals surface area contributed by atoms with Crippen LogP contribution < -0.4 is 0 Å². The maximum Gasteiger partial charge on any atom is 0.256 e. The lowest BCUT2D eigenvalue weighted by Crippen LogP contribution is -2.44. The molecule has 0 aliphatic carbocycles. The molecule has 0 saturated carbocycles. The summed E-state index contributed by atoms with van der Waals surface area (Å²) >= 11 is 1.68. The highest BCUT2D eigenvalue weighted by atomic mass is 32.1. The third kappa shape index (κ3) is 4.26. The second-order valence-electron chi connectivity index (χ2n) is 8.29. The smallest absolute Gasteiger partial charge is 0.256 e. The van der Waals surface area contributed by atoms with E-state index in [4.69, 9.17) is 0 Å². The van der Waals surface area contributed by atoms with Gasteiger partial charge in [-0.05, 0) is 47.5 Å². The Bertz CT molecular complexity index is 1100. The predicted molar refractivity (Wildman–Crippen MR) is 122 cm³/mol. The van der Waals surface area contributed by atoms with E-state index in [-0.39, 0.29) is 23.9 Å². The molecule has 2 aromatic carbocycles. The molecule has 6 heteroatoms. The summed E-state index contributed by atoms with van der Waals surface area (Å²) in [5.41, 5.74) is 1.51. The number of thiophene rings is 1. The second kappa shape index (κ2) is 8.63. The number of likely N-dealkylation sites (tertiary alicyclic amines) is 1. The molecule has 0 N–H and O–H groups in total. The van der Waals surface area contributed by atoms with E-state index in [0.717, 1.165) is 11.1 Å². The van der Waals surface area contributed by atoms with Gasteiger partial charge < -0.3 is 9.80 Å². The molecule has 1 fully saturated rings. The van der Waals surface area contributed by atoms with Gasteiger partial charge in [-0.2, -0.15) is 0 Å². The first kappa shape index (κ1) is 21.2. The largest absolute Gasteiger partial charge is 0.348 e. The Morgan fingerprint density at radius 3 is 2.61 bits per heavy atom. The summed E-state index contributed by atoms with van der Waals surface area (Å²) in [7, 11) is 3.49. The zero-order valence-corrected chi connectivity index (χ0v) is 18.5. The first-order chi connectivity index (χ1) is 14.9. The molecule has 2 amide bonds. The molecule has 1 aliphatic heterocycles. The fraction of sp³-hybridized carbons (Fsp3) is 0.280. The molecule has 160 valence electrons. The van der Waals surface area contributed by atoms with Crippen molar-refractivity contribution < 1.29 is 14.0 Å². The third-order valence-electron chi connectivity index (χ3n) is 5.88. The van der Waals surface area contributed by atoms with E-state index in [0.29, 0.717) is 19.4 Å². The van der Waals surface area contributed by atoms with Crippen molar-refractivity contribution in [3.8, 4) is 10.4 Å². The molecular formula is C25H25FN2O2S. The van der Waals surface area contributed by atoms with Crippen LogP contribution in [-0.4, -0.2) is 48.8 Å². The third-order valence-corrected chi connectivity index (χ3v) is 6.80. The zero-order valence-electron chi connectivity index (χ0n) is 17.7. The zero-order chi connectivity index (χ0) is 22.0. The number of hydrogen-bond acceptors (Lipinski definition) is 3. The van der Waals surface area contributed by atoms with Crippen molar-refractivity contribution in [2.24, 2.45) is 5.41 Å². The molecular weight excluding hydrogens is 411 g/mol. The van der Waals surface area contributed by atoms with Gasteiger partial charge in [-0.15, -0.1) is 11.3 Å². The molecule has 0 bridgehead atoms. The molecule has 1 atom stereocenters. The van der Waals surface area contributed by atoms with Crippen LogP contribution >= 0.6 is 11.3 Å². The maximum absolute atomic E-state index is 14.2. The highest BCUT2D eigenvalue weighted by molar-refractivity contribution is 7.13. The number of halogens is 1. The SMILES string of the molecule is CN(C)C(=O)C1(Cc2cccc(-c3cccs3)c2)CCN(C(=O)c2ccccc2F)C1. The fourth-order valence-electron chi connectivity index (χ4n) is 4.39. The van der Waals surface area contributed by atoms with Crippen LogP contribution in [0.2, 0.25) is 0 Å². The topological polar surface area (TPSA) is 40.6 Å². The van der Waals surface area contributed by atoms with Crippen LogP contribution in [0.3, 0.4) is 0 Å². The van der Waals surface area contributed by atoms with Crippen molar-refractivity contribution in [3.05, 3.63) is 83.0 Å². The van der Waals surface area contributed by atoms with Gasteiger partial charge in [0.2, 0.25) is 5.91 Å². The minimum atomic E-state index is -0.724. The van der Waals surface area contributed by atoms with Gasteiger partial charge in [0, 0.05) is 32.1 Å². The molecule has 2 heterocycles. The first-order valence-electron chi connectivity index (χ1n) is 10.3. The van der Waals surface area contributed by atoms with E-state index in [2.05, 4.69) is 18.2 Å². The lowest BCUT2D eigenvalue weighted by molar-refractivity contribution is -0.138. The average molecular weight is 437 g/mol. The summed E-state index contributed by atoms with van der Waals surface area (Å²) in [6, 6.07) is 18.3. The highest BCUT2D eigenvalue weighted by Crippen LogP contribution is 2.38. The molecule has 3 aromatic rings. The molecule has 31 heavy (non-hydrogen) atoms. The summed E-state index contributed by atoms with van der Waals surface area (Å²) in [4.78, 5) is 30.6. The number of rotatable bonds is 5. The van der Waals surface area contributed by atoms with Gasteiger partial charge in [-0.25, -0.2) is 4.39 Å². The Labute approximate surface area is 185 Å². The van der Waals surface area contributed by atoms with E-state index in [1.54, 1.807) is 47.4 Å². The van der Waals surface area contributed by atoms with Crippen molar-refractivity contribution in [2.75, 3.05) is 27.2 Å². The molecule has 0 spiro atoms. The van der Waals surface area contributed by atoms with Crippen molar-refractivity contribution in [1.29, 1.82) is 0 Å². The Balaban J connectivity index is 1.62. The molecule has 4 rings (SSSR count). The predicted octanol–water partition coefficient (Wildman–Crippen LogP) is 4.72. The second-order valence-corrected chi connectivity index (χ2v) is 9.24. The molecule has 4 nitrogen and oxygen atoms in total. The van der Waals surface area contributed by atoms with Crippen molar-refractivity contribution >= 4 is 23.2 Å². The number of carbonyl (C=O) groups excluding carboxylic acids is 2. The van der Waals surface area contributed by atoms with E-state index >= 15 is 0 Å². The lowest BCUT2D eigenvalue weighted by Gasteiger charge is -2.31. The van der Waals surface area contributed by atoms with Crippen LogP contribution in [0.15, 0.2) is 66.0 Å². The number of nitrogens with zero attached hydrogens (tertiary/aromatic N) is 2. The normalized spacial score (nSPS) is 18.2. The van der Waals surface area contributed by atoms with Crippen LogP contribution in [0.1, 0.15) is 22.3 Å². The van der Waals surface area contributed by atoms with E-state index in [1.807, 2.05) is 23.6 Å². The van der Waals surface area contributed by atoms with E-state index in [1.165, 1.54) is 17.0 Å². The van der Waals surface area contributed by atoms with Gasteiger partial charge in [0.05, 0.1) is 11.0 Å². The lowest BCUT2D eigenvalue weighted by atomic mass is 9.79. The monoisotopic (exact) mass is 436 g/mol. The van der Waals surface area contributed by atoms with Crippen molar-refractivity contribution in [1.82, 2.24) is 9.80 Å². The Kier molecular flexibility index (Phi) is 5.92. The number of hydrogen-bond donors (Lipinski definition) is 0. The van der Waals surface area contributed by atoms with Crippen molar-refractivity contribution in [3.63, 3.8) is 0 Å². The van der Waals surface area contributed by atoms with E-state index in [9.17, 15) is 14.0 Å². The number of benzene rings is 2. The van der Waals surface area contributed by atoms with Crippen LogP contribution in [0, 0.1) is 11.2 Å². The standard InChI is InChI=1S/C25H25FN2O2S/c1-27(2)24(30)25(16-18-7-5-8-19(15-18)22-11-6-14-31-22)12-13-28(17-25)23(29)20-9-3-4-10-21(20)26/h3-11,14-15H,12-13,16-17H2,1-2H3. The van der Waals surface area contributed by atoms with Crippen LogP contribution in [-0.2, 0) is 11.2 Å². The molecule has 1 unspecified atom stereocenters. The van der Waals surface area contributed by atoms with Crippen molar-refractivity contribution in [2.45, 2.75) is 12.8 Å². The first-order valence-corrected chi connectivity index (χ1v) is 11.2. The summed E-state index contributed by atoms with van der Waals surface area (Å²) < 4.78 is 14.2. The Hall–Kier alpha value is -2.99. The van der Waals surface area contributed by atoms with Crippen LogP contribution in [0.5, 0.6) is 0 Å². The van der Waals surface area contributed by atoms with Gasteiger partial charge in [0.1, 0.15) is 5.82 Å². The van der Waals surface area contributed by atoms with Gasteiger partial charge >= 0.3 is 0 Å². The number of carbonyl (C=O) groups is 2. The summed E-state index contributed by atoms with van der Waals surface area (Å²) in [5.74, 6) is -0.899. The van der Waals surface area contributed by atoms with Gasteiger partial charge in [-0.3, -0.25) is 9.59 Å². The van der Waals surface area contributed by atoms with Crippen LogP contribution in [0.4, 0.5) is 4.39 Å². The number of amides is 2. The van der Waals surface area contributed by atoms with E-state index < -0.39 is 11.2 Å². The maximum atomic E-state index is 14.2. The molecule has 1 aliphatic rings. The van der Waals surface area contributed by atoms with Gasteiger partial charge in [-0.1, -0.05) is 42.5 Å². The van der Waals surface area contributed by atoms with Gasteiger partial charge in [0.15, 0.2) is 0 Å². The molecule has 1 aromatic heterocycles. The minimum absolute atomic E-state index is 0.00198. The summed E-state index contributed by atoms with van der Waals surface area (Å²) in [6.07, 6.45) is 1.08. The highest BCUT2D eigenvalue weighted by Gasteiger charge is 2.47.